The molecule has 1 aromatic carbocycles. The van der Waals surface area contributed by atoms with E-state index >= 15 is 0 Å². The van der Waals surface area contributed by atoms with Gasteiger partial charge in [-0.3, -0.25) is 9.69 Å². The first kappa shape index (κ1) is 21.7. The highest BCUT2D eigenvalue weighted by atomic mass is 19.3. The van der Waals surface area contributed by atoms with Crippen LogP contribution in [-0.4, -0.2) is 59.3 Å². The molecule has 3 aliphatic rings. The Hall–Kier alpha value is -2.48. The minimum absolute atomic E-state index is 0.0102. The van der Waals surface area contributed by atoms with E-state index in [9.17, 15) is 23.1 Å². The van der Waals surface area contributed by atoms with E-state index in [2.05, 4.69) is 4.74 Å². The van der Waals surface area contributed by atoms with Gasteiger partial charge in [-0.1, -0.05) is 18.2 Å². The molecule has 1 aliphatic carbocycles. The molecular formula is C23H27F3N2O3. The number of rotatable bonds is 6. The molecule has 0 spiro atoms. The zero-order valence-corrected chi connectivity index (χ0v) is 17.2. The number of aliphatic hydroxyl groups is 1. The average Bonchev–Trinajstić information content (AvgIpc) is 3.10. The Bertz CT molecular complexity index is 843. The molecule has 1 aromatic rings. The summed E-state index contributed by atoms with van der Waals surface area (Å²) in [6.07, 6.45) is 6.23. The molecule has 2 aliphatic heterocycles. The summed E-state index contributed by atoms with van der Waals surface area (Å²) in [7, 11) is 0. The number of aliphatic hydroxyl groups excluding tert-OH is 1. The highest BCUT2D eigenvalue weighted by molar-refractivity contribution is 5.84. The van der Waals surface area contributed by atoms with E-state index < -0.39 is 12.8 Å². The average molecular weight is 436 g/mol. The molecule has 5 nitrogen and oxygen atoms in total. The van der Waals surface area contributed by atoms with Crippen molar-refractivity contribution in [3.05, 3.63) is 53.8 Å². The van der Waals surface area contributed by atoms with Crippen molar-refractivity contribution in [2.45, 2.75) is 44.6 Å². The first-order valence-electron chi connectivity index (χ1n) is 10.7. The fourth-order valence-electron chi connectivity index (χ4n) is 4.87. The fourth-order valence-corrected chi connectivity index (χ4v) is 4.87. The van der Waals surface area contributed by atoms with Crippen LogP contribution in [0.5, 0.6) is 5.75 Å². The molecule has 0 saturated carbocycles. The first-order valence-corrected chi connectivity index (χ1v) is 10.7. The number of likely N-dealkylation sites (tertiary alicyclic amines) is 2. The number of alkyl halides is 3. The lowest BCUT2D eigenvalue weighted by atomic mass is 9.79. The van der Waals surface area contributed by atoms with Crippen molar-refractivity contribution in [3.8, 4) is 5.75 Å². The van der Waals surface area contributed by atoms with Crippen LogP contribution >= 0.6 is 0 Å². The number of hydrogen-bond donors (Lipinski definition) is 1. The van der Waals surface area contributed by atoms with E-state index in [1.54, 1.807) is 29.2 Å². The van der Waals surface area contributed by atoms with Crippen molar-refractivity contribution in [2.75, 3.05) is 19.6 Å². The predicted octanol–water partition coefficient (Wildman–Crippen LogP) is 4.07. The van der Waals surface area contributed by atoms with Gasteiger partial charge in [0.2, 0.25) is 5.91 Å². The van der Waals surface area contributed by atoms with Crippen LogP contribution in [0.1, 0.15) is 24.8 Å². The van der Waals surface area contributed by atoms with E-state index in [-0.39, 0.29) is 41.8 Å². The van der Waals surface area contributed by atoms with E-state index in [0.29, 0.717) is 38.9 Å². The van der Waals surface area contributed by atoms with Crippen LogP contribution in [0.25, 0.3) is 0 Å². The zero-order valence-electron chi connectivity index (χ0n) is 17.2. The van der Waals surface area contributed by atoms with Crippen molar-refractivity contribution in [2.24, 2.45) is 11.8 Å². The van der Waals surface area contributed by atoms with Gasteiger partial charge in [-0.05, 0) is 67.5 Å². The van der Waals surface area contributed by atoms with E-state index in [1.165, 1.54) is 12.1 Å². The van der Waals surface area contributed by atoms with Crippen LogP contribution < -0.4 is 4.74 Å². The molecule has 4 atom stereocenters. The molecule has 2 fully saturated rings. The van der Waals surface area contributed by atoms with Gasteiger partial charge in [-0.15, -0.1) is 0 Å². The lowest BCUT2D eigenvalue weighted by Crippen LogP contribution is -2.51. The Morgan fingerprint density at radius 3 is 2.58 bits per heavy atom. The molecule has 8 heteroatoms. The maximum absolute atomic E-state index is 15.0. The van der Waals surface area contributed by atoms with Crippen LogP contribution in [0.4, 0.5) is 13.2 Å². The highest BCUT2D eigenvalue weighted by Crippen LogP contribution is 2.35. The van der Waals surface area contributed by atoms with E-state index in [4.69, 9.17) is 0 Å². The Balaban J connectivity index is 1.31. The van der Waals surface area contributed by atoms with Gasteiger partial charge in [0, 0.05) is 19.6 Å². The topological polar surface area (TPSA) is 53.0 Å². The summed E-state index contributed by atoms with van der Waals surface area (Å²) in [5, 5.41) is 9.48. The molecule has 168 valence electrons. The van der Waals surface area contributed by atoms with Gasteiger partial charge < -0.3 is 14.7 Å². The van der Waals surface area contributed by atoms with Crippen molar-refractivity contribution in [3.63, 3.8) is 0 Å². The molecule has 2 unspecified atom stereocenters. The number of allylic oxidation sites excluding steroid dienone is 3. The summed E-state index contributed by atoms with van der Waals surface area (Å²) >= 11 is 0. The number of amides is 1. The van der Waals surface area contributed by atoms with E-state index in [1.807, 2.05) is 11.0 Å². The minimum Gasteiger partial charge on any atom is -0.508 e. The molecule has 2 saturated heterocycles. The number of hydrogen-bond acceptors (Lipinski definition) is 4. The molecule has 0 aromatic heterocycles. The van der Waals surface area contributed by atoms with Crippen LogP contribution in [-0.2, 0) is 11.3 Å². The van der Waals surface area contributed by atoms with Crippen LogP contribution in [0.3, 0.4) is 0 Å². The number of ether oxygens (including phenoxy) is 1. The number of benzene rings is 1. The zero-order chi connectivity index (χ0) is 22.0. The minimum atomic E-state index is -2.87. The molecule has 1 N–H and O–H groups in total. The number of nitrogens with zero attached hydrogens (tertiary/aromatic N) is 2. The second-order valence-corrected chi connectivity index (χ2v) is 8.44. The maximum Gasteiger partial charge on any atom is 0.387 e. The van der Waals surface area contributed by atoms with Gasteiger partial charge in [0.25, 0.3) is 0 Å². The van der Waals surface area contributed by atoms with Gasteiger partial charge in [0.1, 0.15) is 17.7 Å². The smallest absolute Gasteiger partial charge is 0.387 e. The van der Waals surface area contributed by atoms with Crippen molar-refractivity contribution < 1.29 is 27.8 Å². The second-order valence-electron chi connectivity index (χ2n) is 8.44. The number of carbonyl (C=O) groups excluding carboxylic acids is 1. The Labute approximate surface area is 179 Å². The third-order valence-electron chi connectivity index (χ3n) is 6.52. The Morgan fingerprint density at radius 1 is 1.16 bits per heavy atom. The molecule has 31 heavy (non-hydrogen) atoms. The Morgan fingerprint density at radius 2 is 1.94 bits per heavy atom. The quantitative estimate of drug-likeness (QED) is 0.731. The number of halogens is 3. The normalized spacial score (nSPS) is 29.5. The first-order chi connectivity index (χ1) is 14.9. The van der Waals surface area contributed by atoms with Crippen LogP contribution in [0, 0.1) is 11.8 Å². The summed E-state index contributed by atoms with van der Waals surface area (Å²) in [4.78, 5) is 16.6. The summed E-state index contributed by atoms with van der Waals surface area (Å²) in [6, 6.07) is 5.96. The maximum atomic E-state index is 15.0. The SMILES string of the molecule is O=C1C(N2CC[C@@H](C3C=CC(O)=CC3)[C@H](F)C2)CCN1Cc1ccc(OC(F)F)cc1. The highest BCUT2D eigenvalue weighted by Gasteiger charge is 2.41. The fraction of sp³-hybridized carbons (Fsp3) is 0.522. The third-order valence-corrected chi connectivity index (χ3v) is 6.52. The molecule has 0 radical (unpaired) electrons. The predicted molar refractivity (Wildman–Crippen MR) is 109 cm³/mol. The van der Waals surface area contributed by atoms with Crippen molar-refractivity contribution >= 4 is 5.91 Å². The van der Waals surface area contributed by atoms with Gasteiger partial charge in [0.05, 0.1) is 6.04 Å². The standard InChI is InChI=1S/C23H27F3N2O3/c24-20-14-27(11-9-19(20)16-3-5-17(29)6-4-16)21-10-12-28(22(21)30)13-15-1-7-18(8-2-15)31-23(25)26/h1-3,5-8,16,19-21,23,29H,4,9-14H2/t16?,19-,20+,21?/m0/s1. The molecule has 1 amide bonds. The monoisotopic (exact) mass is 436 g/mol. The second kappa shape index (κ2) is 9.34. The molecule has 4 rings (SSSR count). The lowest BCUT2D eigenvalue weighted by molar-refractivity contribution is -0.133. The summed E-state index contributed by atoms with van der Waals surface area (Å²) in [5.74, 6) is 0.292. The van der Waals surface area contributed by atoms with Crippen LogP contribution in [0.15, 0.2) is 48.3 Å². The largest absolute Gasteiger partial charge is 0.508 e. The summed E-state index contributed by atoms with van der Waals surface area (Å²) in [6.45, 7) is -0.968. The van der Waals surface area contributed by atoms with Crippen molar-refractivity contribution in [1.82, 2.24) is 9.80 Å². The third kappa shape index (κ3) is 5.06. The molecule has 0 bridgehead atoms. The van der Waals surface area contributed by atoms with Gasteiger partial charge in [-0.2, -0.15) is 8.78 Å². The number of piperidine rings is 1. The van der Waals surface area contributed by atoms with Crippen LogP contribution in [0.2, 0.25) is 0 Å². The summed E-state index contributed by atoms with van der Waals surface area (Å²) < 4.78 is 43.9. The lowest BCUT2D eigenvalue weighted by Gasteiger charge is -2.40. The van der Waals surface area contributed by atoms with Gasteiger partial charge in [-0.25, -0.2) is 4.39 Å². The van der Waals surface area contributed by atoms with Gasteiger partial charge in [0.15, 0.2) is 0 Å². The Kier molecular flexibility index (Phi) is 6.55. The van der Waals surface area contributed by atoms with Gasteiger partial charge >= 0.3 is 6.61 Å². The van der Waals surface area contributed by atoms with Crippen molar-refractivity contribution in [1.29, 1.82) is 0 Å². The molecule has 2 heterocycles. The number of carbonyl (C=O) groups is 1. The van der Waals surface area contributed by atoms with E-state index in [0.717, 1.165) is 5.56 Å². The summed E-state index contributed by atoms with van der Waals surface area (Å²) in [5.41, 5.74) is 0.832. The molecular weight excluding hydrogens is 409 g/mol.